The number of benzene rings is 1. The van der Waals surface area contributed by atoms with Gasteiger partial charge in [0.2, 0.25) is 5.91 Å². The summed E-state index contributed by atoms with van der Waals surface area (Å²) in [7, 11) is 0. The Morgan fingerprint density at radius 2 is 2.11 bits per heavy atom. The molecule has 1 aliphatic heterocycles. The minimum atomic E-state index is -0.0300. The van der Waals surface area contributed by atoms with E-state index < -0.39 is 0 Å². The predicted octanol–water partition coefficient (Wildman–Crippen LogP) is 3.10. The topological polar surface area (TPSA) is 41.1 Å². The van der Waals surface area contributed by atoms with Gasteiger partial charge in [0.05, 0.1) is 21.7 Å². The molecule has 3 nitrogen and oxygen atoms in total. The zero-order valence-electron chi connectivity index (χ0n) is 10.4. The fourth-order valence-electron chi connectivity index (χ4n) is 2.15. The summed E-state index contributed by atoms with van der Waals surface area (Å²) < 4.78 is 0. The second kappa shape index (κ2) is 5.47. The highest BCUT2D eigenvalue weighted by atomic mass is 35.5. The first-order valence-corrected chi connectivity index (χ1v) is 6.72. The Hall–Kier alpha value is -0.770. The van der Waals surface area contributed by atoms with Gasteiger partial charge in [-0.2, -0.15) is 0 Å². The molecule has 1 aliphatic rings. The molecule has 1 heterocycles. The largest absolute Gasteiger partial charge is 0.323 e. The molecular formula is C13H16Cl2N2O. The van der Waals surface area contributed by atoms with Crippen molar-refractivity contribution in [3.63, 3.8) is 0 Å². The van der Waals surface area contributed by atoms with Gasteiger partial charge in [-0.25, -0.2) is 0 Å². The van der Waals surface area contributed by atoms with Crippen molar-refractivity contribution in [2.24, 2.45) is 11.8 Å². The first-order chi connectivity index (χ1) is 8.50. The van der Waals surface area contributed by atoms with Crippen LogP contribution in [0.1, 0.15) is 12.5 Å². The zero-order valence-corrected chi connectivity index (χ0v) is 11.9. The Kier molecular flexibility index (Phi) is 4.15. The lowest BCUT2D eigenvalue weighted by molar-refractivity contribution is -0.120. The third-order valence-corrected chi connectivity index (χ3v) is 4.19. The van der Waals surface area contributed by atoms with E-state index in [4.69, 9.17) is 23.2 Å². The molecule has 0 aliphatic carbocycles. The van der Waals surface area contributed by atoms with Crippen LogP contribution in [0.4, 0.5) is 5.69 Å². The van der Waals surface area contributed by atoms with Crippen molar-refractivity contribution in [3.8, 4) is 0 Å². The molecule has 0 spiro atoms. The monoisotopic (exact) mass is 286 g/mol. The van der Waals surface area contributed by atoms with E-state index in [1.165, 1.54) is 0 Å². The van der Waals surface area contributed by atoms with E-state index in [1.807, 2.05) is 13.0 Å². The van der Waals surface area contributed by atoms with Crippen LogP contribution in [0, 0.1) is 18.8 Å². The summed E-state index contributed by atoms with van der Waals surface area (Å²) in [6.07, 6.45) is 0. The van der Waals surface area contributed by atoms with E-state index in [-0.39, 0.29) is 11.8 Å². The number of nitrogens with one attached hydrogen (secondary N) is 2. The Labute approximate surface area is 117 Å². The van der Waals surface area contributed by atoms with Gasteiger partial charge in [0.15, 0.2) is 0 Å². The van der Waals surface area contributed by atoms with Crippen molar-refractivity contribution in [3.05, 3.63) is 27.7 Å². The number of anilines is 1. The molecule has 1 saturated heterocycles. The van der Waals surface area contributed by atoms with Crippen molar-refractivity contribution < 1.29 is 4.79 Å². The predicted molar refractivity (Wildman–Crippen MR) is 75.4 cm³/mol. The molecule has 2 atom stereocenters. The van der Waals surface area contributed by atoms with Crippen LogP contribution in [0.3, 0.4) is 0 Å². The fraction of sp³-hybridized carbons (Fsp3) is 0.462. The summed E-state index contributed by atoms with van der Waals surface area (Å²) in [5.74, 6) is 0.270. The molecule has 1 aromatic carbocycles. The summed E-state index contributed by atoms with van der Waals surface area (Å²) in [4.78, 5) is 12.2. The fourth-order valence-corrected chi connectivity index (χ4v) is 2.61. The van der Waals surface area contributed by atoms with Crippen molar-refractivity contribution in [2.75, 3.05) is 18.4 Å². The van der Waals surface area contributed by atoms with E-state index in [1.54, 1.807) is 6.07 Å². The number of rotatable bonds is 2. The van der Waals surface area contributed by atoms with Crippen LogP contribution in [0.15, 0.2) is 12.1 Å². The number of halogens is 2. The van der Waals surface area contributed by atoms with E-state index in [9.17, 15) is 4.79 Å². The Bertz CT molecular complexity index is 476. The quantitative estimate of drug-likeness (QED) is 0.877. The molecule has 1 fully saturated rings. The lowest BCUT2D eigenvalue weighted by atomic mass is 9.97. The van der Waals surface area contributed by atoms with Crippen molar-refractivity contribution in [1.29, 1.82) is 0 Å². The van der Waals surface area contributed by atoms with Crippen LogP contribution < -0.4 is 10.6 Å². The average Bonchev–Trinajstić information content (AvgIpc) is 2.76. The highest BCUT2D eigenvalue weighted by Crippen LogP contribution is 2.33. The molecule has 0 aromatic heterocycles. The second-order valence-electron chi connectivity index (χ2n) is 4.78. The molecule has 1 aromatic rings. The molecule has 0 saturated carbocycles. The van der Waals surface area contributed by atoms with Gasteiger partial charge in [0.25, 0.3) is 0 Å². The van der Waals surface area contributed by atoms with E-state index in [2.05, 4.69) is 17.6 Å². The highest BCUT2D eigenvalue weighted by molar-refractivity contribution is 6.40. The van der Waals surface area contributed by atoms with Crippen molar-refractivity contribution in [2.45, 2.75) is 13.8 Å². The summed E-state index contributed by atoms with van der Waals surface area (Å²) >= 11 is 12.2. The maximum Gasteiger partial charge on any atom is 0.229 e. The van der Waals surface area contributed by atoms with Gasteiger partial charge in [-0.3, -0.25) is 4.79 Å². The van der Waals surface area contributed by atoms with Crippen LogP contribution in [-0.2, 0) is 4.79 Å². The summed E-state index contributed by atoms with van der Waals surface area (Å²) in [5, 5.41) is 7.03. The van der Waals surface area contributed by atoms with E-state index >= 15 is 0 Å². The van der Waals surface area contributed by atoms with Crippen LogP contribution in [0.25, 0.3) is 0 Å². The molecule has 0 bridgehead atoms. The van der Waals surface area contributed by atoms with E-state index in [0.29, 0.717) is 28.2 Å². The molecular weight excluding hydrogens is 271 g/mol. The first kappa shape index (κ1) is 13.7. The van der Waals surface area contributed by atoms with Gasteiger partial charge in [-0.05, 0) is 31.0 Å². The number of aryl methyl sites for hydroxylation is 1. The van der Waals surface area contributed by atoms with Crippen LogP contribution in [0.2, 0.25) is 10.0 Å². The number of carbonyl (C=O) groups is 1. The van der Waals surface area contributed by atoms with Gasteiger partial charge in [0.1, 0.15) is 0 Å². The van der Waals surface area contributed by atoms with Gasteiger partial charge in [-0.15, -0.1) is 0 Å². The molecule has 98 valence electrons. The molecule has 2 rings (SSSR count). The maximum absolute atomic E-state index is 12.2. The zero-order chi connectivity index (χ0) is 13.3. The summed E-state index contributed by atoms with van der Waals surface area (Å²) in [5.41, 5.74) is 1.41. The second-order valence-corrected chi connectivity index (χ2v) is 5.57. The smallest absolute Gasteiger partial charge is 0.229 e. The summed E-state index contributed by atoms with van der Waals surface area (Å²) in [6.45, 7) is 5.51. The average molecular weight is 287 g/mol. The van der Waals surface area contributed by atoms with Gasteiger partial charge in [0, 0.05) is 6.54 Å². The SMILES string of the molecule is Cc1ccc(Cl)c(NC(=O)C2CNCC2C)c1Cl. The molecule has 0 radical (unpaired) electrons. The number of hydrogen-bond acceptors (Lipinski definition) is 2. The molecule has 18 heavy (non-hydrogen) atoms. The molecule has 2 unspecified atom stereocenters. The number of amides is 1. The van der Waals surface area contributed by atoms with Crippen LogP contribution in [-0.4, -0.2) is 19.0 Å². The van der Waals surface area contributed by atoms with Gasteiger partial charge >= 0.3 is 0 Å². The molecule has 5 heteroatoms. The van der Waals surface area contributed by atoms with Crippen molar-refractivity contribution >= 4 is 34.8 Å². The van der Waals surface area contributed by atoms with Crippen LogP contribution >= 0.6 is 23.2 Å². The third-order valence-electron chi connectivity index (χ3n) is 3.39. The standard InChI is InChI=1S/C13H16Cl2N2O/c1-7-3-4-10(14)12(11(7)15)17-13(18)9-6-16-5-8(9)2/h3-4,8-9,16H,5-6H2,1-2H3,(H,17,18). The third kappa shape index (κ3) is 2.63. The number of carbonyl (C=O) groups excluding carboxylic acids is 1. The minimum absolute atomic E-state index is 0.0260. The molecule has 1 amide bonds. The highest BCUT2D eigenvalue weighted by Gasteiger charge is 2.30. The Morgan fingerprint density at radius 1 is 1.39 bits per heavy atom. The maximum atomic E-state index is 12.2. The summed E-state index contributed by atoms with van der Waals surface area (Å²) in [6, 6.07) is 3.58. The van der Waals surface area contributed by atoms with E-state index in [0.717, 1.165) is 12.1 Å². The normalized spacial score (nSPS) is 23.1. The first-order valence-electron chi connectivity index (χ1n) is 5.97. The van der Waals surface area contributed by atoms with Crippen molar-refractivity contribution in [1.82, 2.24) is 5.32 Å². The Morgan fingerprint density at radius 3 is 2.72 bits per heavy atom. The minimum Gasteiger partial charge on any atom is -0.323 e. The number of hydrogen-bond donors (Lipinski definition) is 2. The van der Waals surface area contributed by atoms with Gasteiger partial charge < -0.3 is 10.6 Å². The lowest BCUT2D eigenvalue weighted by Gasteiger charge is -2.16. The lowest BCUT2D eigenvalue weighted by Crippen LogP contribution is -2.28. The Balaban J connectivity index is 2.19. The van der Waals surface area contributed by atoms with Gasteiger partial charge in [-0.1, -0.05) is 36.2 Å². The molecule has 2 N–H and O–H groups in total. The van der Waals surface area contributed by atoms with Crippen LogP contribution in [0.5, 0.6) is 0 Å².